The van der Waals surface area contributed by atoms with E-state index in [1.807, 2.05) is 43.6 Å². The number of ether oxygens (including phenoxy) is 1. The SMILES string of the molecule is Cn1ncc2c1NC(=O)CS[C@@H]2c1cccc(OCc2cccnc2)c1. The molecular weight excluding hydrogens is 348 g/mol. The predicted octanol–water partition coefficient (Wildman–Crippen LogP) is 3.17. The summed E-state index contributed by atoms with van der Waals surface area (Å²) in [6.07, 6.45) is 5.36. The highest BCUT2D eigenvalue weighted by atomic mass is 32.2. The van der Waals surface area contributed by atoms with E-state index in [1.165, 1.54) is 0 Å². The molecule has 1 aromatic carbocycles. The van der Waals surface area contributed by atoms with Crippen LogP contribution in [-0.2, 0) is 18.4 Å². The molecule has 0 aliphatic carbocycles. The maximum Gasteiger partial charge on any atom is 0.235 e. The van der Waals surface area contributed by atoms with Gasteiger partial charge in [0.2, 0.25) is 5.91 Å². The summed E-state index contributed by atoms with van der Waals surface area (Å²) >= 11 is 1.59. The highest BCUT2D eigenvalue weighted by molar-refractivity contribution is 8.00. The number of carbonyl (C=O) groups excluding carboxylic acids is 1. The van der Waals surface area contributed by atoms with Crippen molar-refractivity contribution in [1.29, 1.82) is 0 Å². The van der Waals surface area contributed by atoms with Crippen molar-refractivity contribution in [3.63, 3.8) is 0 Å². The summed E-state index contributed by atoms with van der Waals surface area (Å²) in [6.45, 7) is 0.466. The molecule has 7 heteroatoms. The fourth-order valence-electron chi connectivity index (χ4n) is 2.91. The fraction of sp³-hybridized carbons (Fsp3) is 0.211. The smallest absolute Gasteiger partial charge is 0.235 e. The zero-order valence-electron chi connectivity index (χ0n) is 14.3. The lowest BCUT2D eigenvalue weighted by Crippen LogP contribution is -2.15. The minimum Gasteiger partial charge on any atom is -0.489 e. The number of thioether (sulfide) groups is 1. The minimum atomic E-state index is -0.00803. The Morgan fingerprint density at radius 1 is 1.31 bits per heavy atom. The van der Waals surface area contributed by atoms with Crippen molar-refractivity contribution in [2.75, 3.05) is 11.1 Å². The molecule has 1 N–H and O–H groups in total. The van der Waals surface area contributed by atoms with Gasteiger partial charge < -0.3 is 10.1 Å². The first-order valence-electron chi connectivity index (χ1n) is 8.26. The highest BCUT2D eigenvalue weighted by Crippen LogP contribution is 2.41. The Balaban J connectivity index is 1.59. The summed E-state index contributed by atoms with van der Waals surface area (Å²) in [7, 11) is 1.83. The summed E-state index contributed by atoms with van der Waals surface area (Å²) < 4.78 is 7.62. The van der Waals surface area contributed by atoms with Crippen LogP contribution in [0, 0.1) is 0 Å². The van der Waals surface area contributed by atoms with Crippen molar-refractivity contribution in [3.05, 3.63) is 71.7 Å². The molecule has 0 spiro atoms. The molecule has 2 aromatic heterocycles. The van der Waals surface area contributed by atoms with Crippen molar-refractivity contribution in [3.8, 4) is 5.75 Å². The number of nitrogens with zero attached hydrogens (tertiary/aromatic N) is 3. The number of amides is 1. The average Bonchev–Trinajstić information content (AvgIpc) is 2.92. The Hall–Kier alpha value is -2.80. The average molecular weight is 366 g/mol. The van der Waals surface area contributed by atoms with Crippen molar-refractivity contribution >= 4 is 23.5 Å². The van der Waals surface area contributed by atoms with Gasteiger partial charge in [0.15, 0.2) is 0 Å². The second-order valence-electron chi connectivity index (χ2n) is 6.03. The Labute approximate surface area is 155 Å². The molecule has 1 aliphatic heterocycles. The third-order valence-electron chi connectivity index (χ3n) is 4.18. The predicted molar refractivity (Wildman–Crippen MR) is 101 cm³/mol. The van der Waals surface area contributed by atoms with Crippen LogP contribution in [0.5, 0.6) is 5.75 Å². The van der Waals surface area contributed by atoms with E-state index >= 15 is 0 Å². The van der Waals surface area contributed by atoms with Gasteiger partial charge in [0, 0.05) is 30.6 Å². The number of carbonyl (C=O) groups is 1. The molecule has 3 heterocycles. The van der Waals surface area contributed by atoms with E-state index in [-0.39, 0.29) is 11.2 Å². The zero-order valence-corrected chi connectivity index (χ0v) is 15.1. The van der Waals surface area contributed by atoms with Gasteiger partial charge in [-0.05, 0) is 23.8 Å². The molecular formula is C19H18N4O2S. The molecule has 3 aromatic rings. The molecule has 0 unspecified atom stereocenters. The monoisotopic (exact) mass is 366 g/mol. The van der Waals surface area contributed by atoms with Crippen LogP contribution >= 0.6 is 11.8 Å². The fourth-order valence-corrected chi connectivity index (χ4v) is 3.99. The summed E-state index contributed by atoms with van der Waals surface area (Å²) in [5.41, 5.74) is 3.11. The van der Waals surface area contributed by atoms with Gasteiger partial charge in [0.25, 0.3) is 0 Å². The molecule has 0 radical (unpaired) electrons. The molecule has 0 saturated heterocycles. The third-order valence-corrected chi connectivity index (χ3v) is 5.47. The molecule has 26 heavy (non-hydrogen) atoms. The highest BCUT2D eigenvalue weighted by Gasteiger charge is 2.27. The Bertz CT molecular complexity index is 926. The van der Waals surface area contributed by atoms with Gasteiger partial charge in [-0.2, -0.15) is 5.10 Å². The standard InChI is InChI=1S/C19H18N4O2S/c1-23-19-16(10-21-23)18(26-12-17(24)22-19)14-5-2-6-15(8-14)25-11-13-4-3-7-20-9-13/h2-10,18H,11-12H2,1H3,(H,22,24)/t18-/m1/s1. The van der Waals surface area contributed by atoms with Crippen LogP contribution in [0.4, 0.5) is 5.82 Å². The second-order valence-corrected chi connectivity index (χ2v) is 7.13. The number of fused-ring (bicyclic) bond motifs is 1. The first-order chi connectivity index (χ1) is 12.7. The van der Waals surface area contributed by atoms with Gasteiger partial charge in [-0.15, -0.1) is 11.8 Å². The molecule has 4 rings (SSSR count). The summed E-state index contributed by atoms with van der Waals surface area (Å²) in [4.78, 5) is 16.1. The summed E-state index contributed by atoms with van der Waals surface area (Å²) in [5.74, 6) is 1.94. The Morgan fingerprint density at radius 3 is 3.08 bits per heavy atom. The number of hydrogen-bond acceptors (Lipinski definition) is 5. The zero-order chi connectivity index (χ0) is 17.9. The lowest BCUT2D eigenvalue weighted by atomic mass is 10.1. The van der Waals surface area contributed by atoms with Crippen molar-refractivity contribution in [2.24, 2.45) is 7.05 Å². The van der Waals surface area contributed by atoms with Gasteiger partial charge in [-0.25, -0.2) is 0 Å². The first-order valence-corrected chi connectivity index (χ1v) is 9.30. The number of aromatic nitrogens is 3. The largest absolute Gasteiger partial charge is 0.489 e. The van der Waals surface area contributed by atoms with E-state index in [0.717, 1.165) is 28.3 Å². The third kappa shape index (κ3) is 3.43. The van der Waals surface area contributed by atoms with E-state index in [4.69, 9.17) is 4.74 Å². The van der Waals surface area contributed by atoms with Crippen molar-refractivity contribution < 1.29 is 9.53 Å². The Morgan fingerprint density at radius 2 is 2.23 bits per heavy atom. The minimum absolute atomic E-state index is 0.00803. The number of aryl methyl sites for hydroxylation is 1. The van der Waals surface area contributed by atoms with Gasteiger partial charge in [-0.3, -0.25) is 14.5 Å². The van der Waals surface area contributed by atoms with Crippen LogP contribution in [-0.4, -0.2) is 26.4 Å². The normalized spacial score (nSPS) is 16.5. The number of rotatable bonds is 4. The van der Waals surface area contributed by atoms with Crippen molar-refractivity contribution in [1.82, 2.24) is 14.8 Å². The van der Waals surface area contributed by atoms with E-state index in [2.05, 4.69) is 21.5 Å². The number of nitrogens with one attached hydrogen (secondary N) is 1. The molecule has 1 amide bonds. The van der Waals surface area contributed by atoms with Gasteiger partial charge >= 0.3 is 0 Å². The topological polar surface area (TPSA) is 69.0 Å². The summed E-state index contributed by atoms with van der Waals surface area (Å²) in [6, 6.07) is 11.9. The lowest BCUT2D eigenvalue weighted by molar-refractivity contribution is -0.113. The molecule has 1 aliphatic rings. The quantitative estimate of drug-likeness (QED) is 0.768. The maximum atomic E-state index is 12.0. The van der Waals surface area contributed by atoms with E-state index < -0.39 is 0 Å². The molecule has 0 saturated carbocycles. The lowest BCUT2D eigenvalue weighted by Gasteiger charge is -2.15. The van der Waals surface area contributed by atoms with Crippen LogP contribution < -0.4 is 10.1 Å². The van der Waals surface area contributed by atoms with E-state index in [0.29, 0.717) is 12.4 Å². The van der Waals surface area contributed by atoms with Gasteiger partial charge in [0.1, 0.15) is 18.2 Å². The maximum absolute atomic E-state index is 12.0. The Kier molecular flexibility index (Phi) is 4.62. The molecule has 132 valence electrons. The van der Waals surface area contributed by atoms with Crippen LogP contribution in [0.3, 0.4) is 0 Å². The molecule has 0 fully saturated rings. The second kappa shape index (κ2) is 7.21. The summed E-state index contributed by atoms with van der Waals surface area (Å²) in [5, 5.41) is 7.26. The van der Waals surface area contributed by atoms with Gasteiger partial charge in [0.05, 0.1) is 17.2 Å². The number of benzene rings is 1. The molecule has 6 nitrogen and oxygen atoms in total. The van der Waals surface area contributed by atoms with E-state index in [1.54, 1.807) is 28.8 Å². The van der Waals surface area contributed by atoms with Crippen LogP contribution in [0.2, 0.25) is 0 Å². The van der Waals surface area contributed by atoms with E-state index in [9.17, 15) is 4.79 Å². The van der Waals surface area contributed by atoms with Crippen LogP contribution in [0.25, 0.3) is 0 Å². The number of pyridine rings is 1. The number of hydrogen-bond donors (Lipinski definition) is 1. The van der Waals surface area contributed by atoms with Gasteiger partial charge in [-0.1, -0.05) is 18.2 Å². The van der Waals surface area contributed by atoms with Crippen LogP contribution in [0.1, 0.15) is 21.9 Å². The number of anilines is 1. The molecule has 0 bridgehead atoms. The van der Waals surface area contributed by atoms with Crippen molar-refractivity contribution in [2.45, 2.75) is 11.9 Å². The first kappa shape index (κ1) is 16.7. The molecule has 1 atom stereocenters. The van der Waals surface area contributed by atoms with Crippen LogP contribution in [0.15, 0.2) is 55.0 Å².